The summed E-state index contributed by atoms with van der Waals surface area (Å²) in [5.74, 6) is -2.12. The molecule has 0 aromatic heterocycles. The molecule has 0 aliphatic rings. The molecule has 22 heavy (non-hydrogen) atoms. The first-order valence-corrected chi connectivity index (χ1v) is 6.86. The maximum Gasteiger partial charge on any atom is 0.306 e. The van der Waals surface area contributed by atoms with E-state index in [-0.39, 0.29) is 25.5 Å². The lowest BCUT2D eigenvalue weighted by atomic mass is 10.1. The Morgan fingerprint density at radius 2 is 1.82 bits per heavy atom. The molecule has 1 amide bonds. The third-order valence-electron chi connectivity index (χ3n) is 2.98. The van der Waals surface area contributed by atoms with Crippen LogP contribution in [0.15, 0.2) is 24.3 Å². The Kier molecular flexibility index (Phi) is 6.88. The highest BCUT2D eigenvalue weighted by atomic mass is 16.5. The number of hydrogen-bond acceptors (Lipinski definition) is 4. The predicted octanol–water partition coefficient (Wildman–Crippen LogP) is 1.38. The summed E-state index contributed by atoms with van der Waals surface area (Å²) in [4.78, 5) is 32.7. The van der Waals surface area contributed by atoms with E-state index in [1.54, 1.807) is 31.2 Å². The number of ether oxygens (including phenoxy) is 1. The second-order valence-electron chi connectivity index (χ2n) is 4.80. The van der Waals surface area contributed by atoms with Gasteiger partial charge in [0.1, 0.15) is 5.75 Å². The SMILES string of the molecule is C[C@H](CCOc1ccc(C(=O)NCCC(=O)O)cc1)C(=O)O. The fourth-order valence-electron chi connectivity index (χ4n) is 1.56. The molecule has 0 radical (unpaired) electrons. The van der Waals surface area contributed by atoms with Gasteiger partial charge in [0.15, 0.2) is 0 Å². The van der Waals surface area contributed by atoms with E-state index in [9.17, 15) is 14.4 Å². The van der Waals surface area contributed by atoms with Gasteiger partial charge in [0.25, 0.3) is 5.91 Å². The molecule has 0 bridgehead atoms. The Morgan fingerprint density at radius 1 is 1.18 bits per heavy atom. The summed E-state index contributed by atoms with van der Waals surface area (Å²) >= 11 is 0. The van der Waals surface area contributed by atoms with Crippen molar-refractivity contribution in [3.63, 3.8) is 0 Å². The molecule has 1 atom stereocenters. The molecule has 0 heterocycles. The van der Waals surface area contributed by atoms with Gasteiger partial charge >= 0.3 is 11.9 Å². The van der Waals surface area contributed by atoms with Crippen LogP contribution in [0, 0.1) is 5.92 Å². The van der Waals surface area contributed by atoms with Gasteiger partial charge < -0.3 is 20.3 Å². The quantitative estimate of drug-likeness (QED) is 0.635. The van der Waals surface area contributed by atoms with E-state index in [1.165, 1.54) is 0 Å². The van der Waals surface area contributed by atoms with Crippen LogP contribution in [0.4, 0.5) is 0 Å². The molecule has 0 fully saturated rings. The lowest BCUT2D eigenvalue weighted by molar-refractivity contribution is -0.141. The molecule has 0 saturated carbocycles. The molecule has 120 valence electrons. The molecule has 3 N–H and O–H groups in total. The minimum absolute atomic E-state index is 0.0689. The molecule has 0 aliphatic heterocycles. The van der Waals surface area contributed by atoms with E-state index in [1.807, 2.05) is 0 Å². The second kappa shape index (κ2) is 8.66. The van der Waals surface area contributed by atoms with Gasteiger partial charge in [0.2, 0.25) is 0 Å². The molecular weight excluding hydrogens is 290 g/mol. The largest absolute Gasteiger partial charge is 0.494 e. The minimum Gasteiger partial charge on any atom is -0.494 e. The van der Waals surface area contributed by atoms with Crippen LogP contribution in [0.1, 0.15) is 30.1 Å². The van der Waals surface area contributed by atoms with Crippen LogP contribution in [0.25, 0.3) is 0 Å². The Hall–Kier alpha value is -2.57. The molecule has 1 aromatic rings. The van der Waals surface area contributed by atoms with Gasteiger partial charge in [-0.05, 0) is 30.7 Å². The van der Waals surface area contributed by atoms with Crippen LogP contribution in [0.5, 0.6) is 5.75 Å². The molecule has 7 heteroatoms. The Balaban J connectivity index is 2.40. The maximum atomic E-state index is 11.7. The average Bonchev–Trinajstić information content (AvgIpc) is 2.47. The number of amides is 1. The molecule has 0 aliphatic carbocycles. The van der Waals surface area contributed by atoms with E-state index < -0.39 is 17.9 Å². The van der Waals surface area contributed by atoms with Gasteiger partial charge in [-0.15, -0.1) is 0 Å². The molecule has 1 aromatic carbocycles. The number of rotatable bonds is 9. The molecule has 1 rings (SSSR count). The smallest absolute Gasteiger partial charge is 0.306 e. The standard InChI is InChI=1S/C15H19NO6/c1-10(15(20)21)7-9-22-12-4-2-11(3-5-12)14(19)16-8-6-13(17)18/h2-5,10H,6-9H2,1H3,(H,16,19)(H,17,18)(H,20,21)/t10-/m1/s1. The number of nitrogens with one attached hydrogen (secondary N) is 1. The molecule has 7 nitrogen and oxygen atoms in total. The molecular formula is C15H19NO6. The van der Waals surface area contributed by atoms with E-state index in [2.05, 4.69) is 5.32 Å². The van der Waals surface area contributed by atoms with Gasteiger partial charge in [-0.2, -0.15) is 0 Å². The summed E-state index contributed by atoms with van der Waals surface area (Å²) in [6.45, 7) is 1.95. The van der Waals surface area contributed by atoms with E-state index >= 15 is 0 Å². The molecule has 0 unspecified atom stereocenters. The fraction of sp³-hybridized carbons (Fsp3) is 0.400. The minimum atomic E-state index is -0.973. The van der Waals surface area contributed by atoms with Crippen molar-refractivity contribution in [2.75, 3.05) is 13.2 Å². The zero-order valence-corrected chi connectivity index (χ0v) is 12.2. The average molecular weight is 309 g/mol. The number of carbonyl (C=O) groups is 3. The zero-order chi connectivity index (χ0) is 16.5. The molecule has 0 spiro atoms. The topological polar surface area (TPSA) is 113 Å². The Labute approximate surface area is 127 Å². The van der Waals surface area contributed by atoms with E-state index in [0.29, 0.717) is 17.7 Å². The number of carbonyl (C=O) groups excluding carboxylic acids is 1. The van der Waals surface area contributed by atoms with Gasteiger partial charge in [-0.3, -0.25) is 14.4 Å². The van der Waals surface area contributed by atoms with Gasteiger partial charge in [-0.1, -0.05) is 6.92 Å². The summed E-state index contributed by atoms with van der Waals surface area (Å²) in [5, 5.41) is 19.7. The number of carboxylic acid groups (broad SMARTS) is 2. The first kappa shape index (κ1) is 17.5. The van der Waals surface area contributed by atoms with E-state index in [0.717, 1.165) is 0 Å². The van der Waals surface area contributed by atoms with Crippen LogP contribution in [0.2, 0.25) is 0 Å². The predicted molar refractivity (Wildman–Crippen MR) is 77.9 cm³/mol. The van der Waals surface area contributed by atoms with Crippen molar-refractivity contribution in [1.29, 1.82) is 0 Å². The van der Waals surface area contributed by atoms with Crippen molar-refractivity contribution in [2.45, 2.75) is 19.8 Å². The molecule has 0 saturated heterocycles. The van der Waals surface area contributed by atoms with Crippen LogP contribution in [0.3, 0.4) is 0 Å². The van der Waals surface area contributed by atoms with Gasteiger partial charge in [-0.25, -0.2) is 0 Å². The Morgan fingerprint density at radius 3 is 2.36 bits per heavy atom. The van der Waals surface area contributed by atoms with Crippen LogP contribution in [-0.2, 0) is 9.59 Å². The van der Waals surface area contributed by atoms with Crippen molar-refractivity contribution in [3.05, 3.63) is 29.8 Å². The first-order chi connectivity index (χ1) is 10.4. The summed E-state index contributed by atoms with van der Waals surface area (Å²) in [5.41, 5.74) is 0.400. The lowest BCUT2D eigenvalue weighted by Crippen LogP contribution is -2.25. The summed E-state index contributed by atoms with van der Waals surface area (Å²) in [6, 6.07) is 6.34. The third-order valence-corrected chi connectivity index (χ3v) is 2.98. The summed E-state index contributed by atoms with van der Waals surface area (Å²) < 4.78 is 5.40. The third kappa shape index (κ3) is 6.25. The monoisotopic (exact) mass is 309 g/mol. The number of aliphatic carboxylic acids is 2. The van der Waals surface area contributed by atoms with Gasteiger partial charge in [0.05, 0.1) is 18.9 Å². The van der Waals surface area contributed by atoms with Crippen molar-refractivity contribution < 1.29 is 29.3 Å². The highest BCUT2D eigenvalue weighted by molar-refractivity contribution is 5.94. The van der Waals surface area contributed by atoms with Crippen molar-refractivity contribution in [3.8, 4) is 5.75 Å². The maximum absolute atomic E-state index is 11.7. The Bertz CT molecular complexity index is 525. The van der Waals surface area contributed by atoms with E-state index in [4.69, 9.17) is 14.9 Å². The lowest BCUT2D eigenvalue weighted by Gasteiger charge is -2.09. The normalized spacial score (nSPS) is 11.5. The number of benzene rings is 1. The highest BCUT2D eigenvalue weighted by Crippen LogP contribution is 2.13. The van der Waals surface area contributed by atoms with Crippen LogP contribution < -0.4 is 10.1 Å². The number of carboxylic acids is 2. The first-order valence-electron chi connectivity index (χ1n) is 6.86. The van der Waals surface area contributed by atoms with Crippen molar-refractivity contribution in [2.24, 2.45) is 5.92 Å². The van der Waals surface area contributed by atoms with Crippen LogP contribution in [-0.4, -0.2) is 41.2 Å². The number of hydrogen-bond donors (Lipinski definition) is 3. The zero-order valence-electron chi connectivity index (χ0n) is 12.2. The second-order valence-corrected chi connectivity index (χ2v) is 4.80. The van der Waals surface area contributed by atoms with Crippen molar-refractivity contribution in [1.82, 2.24) is 5.32 Å². The highest BCUT2D eigenvalue weighted by Gasteiger charge is 2.11. The van der Waals surface area contributed by atoms with Gasteiger partial charge in [0, 0.05) is 12.1 Å². The summed E-state index contributed by atoms with van der Waals surface area (Å²) in [6.07, 6.45) is 0.265. The van der Waals surface area contributed by atoms with Crippen LogP contribution >= 0.6 is 0 Å². The fourth-order valence-corrected chi connectivity index (χ4v) is 1.56. The van der Waals surface area contributed by atoms with Crippen molar-refractivity contribution >= 4 is 17.8 Å². The summed E-state index contributed by atoms with van der Waals surface area (Å²) in [7, 11) is 0.